The van der Waals surface area contributed by atoms with E-state index in [2.05, 4.69) is 17.2 Å². The fourth-order valence-corrected chi connectivity index (χ4v) is 2.99. The SMILES string of the molecule is CCCCCOc1ccc(C(=O)CCC(=O)NC2=NCCS2)cc1. The van der Waals surface area contributed by atoms with Crippen molar-refractivity contribution in [3.05, 3.63) is 29.8 Å². The second-order valence-electron chi connectivity index (χ2n) is 5.59. The van der Waals surface area contributed by atoms with Crippen molar-refractivity contribution in [2.75, 3.05) is 18.9 Å². The highest BCUT2D eigenvalue weighted by atomic mass is 32.2. The predicted octanol–water partition coefficient (Wildman–Crippen LogP) is 3.44. The molecule has 5 nitrogen and oxygen atoms in total. The summed E-state index contributed by atoms with van der Waals surface area (Å²) in [4.78, 5) is 28.1. The second-order valence-corrected chi connectivity index (χ2v) is 6.67. The maximum atomic E-state index is 12.1. The summed E-state index contributed by atoms with van der Waals surface area (Å²) in [6, 6.07) is 7.13. The Hall–Kier alpha value is -1.82. The molecule has 1 aromatic carbocycles. The van der Waals surface area contributed by atoms with E-state index in [0.717, 1.165) is 37.3 Å². The lowest BCUT2D eigenvalue weighted by Crippen LogP contribution is -2.27. The van der Waals surface area contributed by atoms with Crippen LogP contribution in [0.3, 0.4) is 0 Å². The van der Waals surface area contributed by atoms with Gasteiger partial charge in [-0.05, 0) is 30.7 Å². The first-order valence-corrected chi connectivity index (χ1v) is 9.40. The Bertz CT molecular complexity index is 584. The molecule has 1 aliphatic heterocycles. The molecular formula is C18H24N2O3S. The fraction of sp³-hybridized carbons (Fsp3) is 0.500. The number of carbonyl (C=O) groups is 2. The van der Waals surface area contributed by atoms with E-state index in [4.69, 9.17) is 4.74 Å². The Morgan fingerprint density at radius 3 is 2.67 bits per heavy atom. The molecule has 24 heavy (non-hydrogen) atoms. The van der Waals surface area contributed by atoms with Gasteiger partial charge in [0.1, 0.15) is 5.75 Å². The van der Waals surface area contributed by atoms with E-state index in [-0.39, 0.29) is 24.5 Å². The fourth-order valence-electron chi connectivity index (χ4n) is 2.24. The van der Waals surface area contributed by atoms with Crippen LogP contribution in [0.4, 0.5) is 0 Å². The molecule has 0 spiro atoms. The number of amidine groups is 1. The maximum absolute atomic E-state index is 12.1. The van der Waals surface area contributed by atoms with Gasteiger partial charge in [-0.25, -0.2) is 0 Å². The maximum Gasteiger partial charge on any atom is 0.226 e. The third kappa shape index (κ3) is 6.35. The number of amides is 1. The molecule has 0 aliphatic carbocycles. The van der Waals surface area contributed by atoms with Crippen molar-refractivity contribution in [3.8, 4) is 5.75 Å². The summed E-state index contributed by atoms with van der Waals surface area (Å²) >= 11 is 1.53. The molecule has 0 aromatic heterocycles. The van der Waals surface area contributed by atoms with E-state index in [0.29, 0.717) is 17.3 Å². The Kier molecular flexibility index (Phi) is 7.82. The lowest BCUT2D eigenvalue weighted by atomic mass is 10.1. The molecule has 1 aromatic rings. The van der Waals surface area contributed by atoms with Crippen molar-refractivity contribution in [3.63, 3.8) is 0 Å². The van der Waals surface area contributed by atoms with Crippen LogP contribution in [0.5, 0.6) is 5.75 Å². The van der Waals surface area contributed by atoms with Crippen LogP contribution in [0.25, 0.3) is 0 Å². The third-order valence-electron chi connectivity index (χ3n) is 3.60. The Morgan fingerprint density at radius 1 is 1.21 bits per heavy atom. The van der Waals surface area contributed by atoms with E-state index in [1.54, 1.807) is 12.1 Å². The van der Waals surface area contributed by atoms with Gasteiger partial charge in [-0.2, -0.15) is 0 Å². The van der Waals surface area contributed by atoms with Gasteiger partial charge in [0.05, 0.1) is 13.2 Å². The first kappa shape index (κ1) is 18.5. The number of ether oxygens (including phenoxy) is 1. The number of nitrogens with one attached hydrogen (secondary N) is 1. The molecule has 130 valence electrons. The molecule has 6 heteroatoms. The van der Waals surface area contributed by atoms with Gasteiger partial charge in [0.15, 0.2) is 11.0 Å². The number of thioether (sulfide) groups is 1. The number of unbranched alkanes of at least 4 members (excludes halogenated alkanes) is 2. The molecule has 0 saturated carbocycles. The van der Waals surface area contributed by atoms with Crippen LogP contribution >= 0.6 is 11.8 Å². The van der Waals surface area contributed by atoms with E-state index in [9.17, 15) is 9.59 Å². The lowest BCUT2D eigenvalue weighted by molar-refractivity contribution is -0.119. The van der Waals surface area contributed by atoms with Gasteiger partial charge in [0, 0.05) is 24.2 Å². The highest BCUT2D eigenvalue weighted by Gasteiger charge is 2.13. The summed E-state index contributed by atoms with van der Waals surface area (Å²) in [6.07, 6.45) is 3.73. The van der Waals surface area contributed by atoms with Gasteiger partial charge in [-0.3, -0.25) is 14.6 Å². The topological polar surface area (TPSA) is 67.8 Å². The van der Waals surface area contributed by atoms with Crippen molar-refractivity contribution in [2.45, 2.75) is 39.0 Å². The number of Topliss-reactive ketones (excluding diaryl/α,β-unsaturated/α-hetero) is 1. The average molecular weight is 348 g/mol. The summed E-state index contributed by atoms with van der Waals surface area (Å²) in [6.45, 7) is 3.59. The van der Waals surface area contributed by atoms with Gasteiger partial charge >= 0.3 is 0 Å². The van der Waals surface area contributed by atoms with Crippen molar-refractivity contribution in [1.82, 2.24) is 5.32 Å². The van der Waals surface area contributed by atoms with Gasteiger partial charge in [0.25, 0.3) is 0 Å². The molecule has 0 saturated heterocycles. The zero-order valence-corrected chi connectivity index (χ0v) is 14.9. The monoisotopic (exact) mass is 348 g/mol. The number of hydrogen-bond donors (Lipinski definition) is 1. The summed E-state index contributed by atoms with van der Waals surface area (Å²) in [7, 11) is 0. The minimum atomic E-state index is -0.160. The zero-order chi connectivity index (χ0) is 17.2. The van der Waals surface area contributed by atoms with E-state index >= 15 is 0 Å². The minimum Gasteiger partial charge on any atom is -0.494 e. The molecule has 0 fully saturated rings. The van der Waals surface area contributed by atoms with E-state index < -0.39 is 0 Å². The van der Waals surface area contributed by atoms with Crippen LogP contribution < -0.4 is 10.1 Å². The van der Waals surface area contributed by atoms with Crippen molar-refractivity contribution < 1.29 is 14.3 Å². The highest BCUT2D eigenvalue weighted by Crippen LogP contribution is 2.15. The molecule has 1 N–H and O–H groups in total. The van der Waals surface area contributed by atoms with Gasteiger partial charge in [0.2, 0.25) is 5.91 Å². The first-order valence-electron chi connectivity index (χ1n) is 8.42. The molecular weight excluding hydrogens is 324 g/mol. The summed E-state index contributed by atoms with van der Waals surface area (Å²) < 4.78 is 5.62. The highest BCUT2D eigenvalue weighted by molar-refractivity contribution is 8.14. The van der Waals surface area contributed by atoms with Crippen molar-refractivity contribution in [2.24, 2.45) is 4.99 Å². The first-order chi connectivity index (χ1) is 11.7. The number of nitrogens with zero attached hydrogens (tertiary/aromatic N) is 1. The normalized spacial score (nSPS) is 13.5. The molecule has 2 rings (SSSR count). The molecule has 1 amide bonds. The molecule has 0 bridgehead atoms. The Labute approximate surface area is 147 Å². The van der Waals surface area contributed by atoms with Crippen molar-refractivity contribution in [1.29, 1.82) is 0 Å². The van der Waals surface area contributed by atoms with Crippen LogP contribution in [-0.2, 0) is 4.79 Å². The predicted molar refractivity (Wildman–Crippen MR) is 97.9 cm³/mol. The second kappa shape index (κ2) is 10.1. The standard InChI is InChI=1S/C18H24N2O3S/c1-2-3-4-12-23-15-7-5-14(6-8-15)16(21)9-10-17(22)20-18-19-11-13-24-18/h5-8H,2-4,9-13H2,1H3,(H,19,20,22). The van der Waals surface area contributed by atoms with Crippen LogP contribution in [0.2, 0.25) is 0 Å². The lowest BCUT2D eigenvalue weighted by Gasteiger charge is -2.07. The molecule has 1 heterocycles. The van der Waals surface area contributed by atoms with Crippen molar-refractivity contribution >= 4 is 28.6 Å². The van der Waals surface area contributed by atoms with Crippen LogP contribution in [0, 0.1) is 0 Å². The molecule has 0 radical (unpaired) electrons. The zero-order valence-electron chi connectivity index (χ0n) is 14.0. The van der Waals surface area contributed by atoms with Crippen LogP contribution in [0.15, 0.2) is 29.3 Å². The molecule has 1 aliphatic rings. The van der Waals surface area contributed by atoms with Gasteiger partial charge in [-0.1, -0.05) is 31.5 Å². The van der Waals surface area contributed by atoms with Gasteiger partial charge in [-0.15, -0.1) is 0 Å². The quantitative estimate of drug-likeness (QED) is 0.548. The number of hydrogen-bond acceptors (Lipinski definition) is 5. The summed E-state index contributed by atoms with van der Waals surface area (Å²) in [5, 5.41) is 3.39. The molecule has 0 atom stereocenters. The number of ketones is 1. The largest absolute Gasteiger partial charge is 0.494 e. The summed E-state index contributed by atoms with van der Waals surface area (Å²) in [5.74, 6) is 1.48. The van der Waals surface area contributed by atoms with Crippen LogP contribution in [0.1, 0.15) is 49.4 Å². The number of aliphatic imine (C=N–C) groups is 1. The van der Waals surface area contributed by atoms with Crippen LogP contribution in [-0.4, -0.2) is 35.8 Å². The molecule has 0 unspecified atom stereocenters. The third-order valence-corrected chi connectivity index (χ3v) is 4.50. The summed E-state index contributed by atoms with van der Waals surface area (Å²) in [5.41, 5.74) is 0.608. The minimum absolute atomic E-state index is 0.0382. The number of carbonyl (C=O) groups excluding carboxylic acids is 2. The van der Waals surface area contributed by atoms with E-state index in [1.165, 1.54) is 11.8 Å². The Morgan fingerprint density at radius 2 is 2.00 bits per heavy atom. The van der Waals surface area contributed by atoms with Gasteiger partial charge < -0.3 is 10.1 Å². The number of benzene rings is 1. The Balaban J connectivity index is 1.72. The number of rotatable bonds is 9. The smallest absolute Gasteiger partial charge is 0.226 e. The average Bonchev–Trinajstić information content (AvgIpc) is 3.10. The van der Waals surface area contributed by atoms with E-state index in [1.807, 2.05) is 12.1 Å².